The molecular weight excluding hydrogens is 320 g/mol. The summed E-state index contributed by atoms with van der Waals surface area (Å²) in [7, 11) is 2.37. The predicted molar refractivity (Wildman–Crippen MR) is 75.8 cm³/mol. The maximum Gasteiger partial charge on any atom is 0.330 e. The first kappa shape index (κ1) is 14.9. The molecule has 1 aromatic rings. The van der Waals surface area contributed by atoms with Crippen LogP contribution in [0.2, 0.25) is 0 Å². The van der Waals surface area contributed by atoms with Crippen molar-refractivity contribution in [2.24, 2.45) is 0 Å². The third-order valence-corrected chi connectivity index (χ3v) is 6.12. The molecule has 114 valence electrons. The van der Waals surface area contributed by atoms with Crippen molar-refractivity contribution in [3.8, 4) is 0 Å². The minimum Gasteiger partial charge on any atom is -0.387 e. The van der Waals surface area contributed by atoms with Crippen LogP contribution in [-0.4, -0.2) is 48.4 Å². The lowest BCUT2D eigenvalue weighted by molar-refractivity contribution is -0.111. The van der Waals surface area contributed by atoms with Gasteiger partial charge in [0.05, 0.1) is 5.25 Å². The summed E-state index contributed by atoms with van der Waals surface area (Å²) in [6.07, 6.45) is -2.95. The molecule has 3 heterocycles. The lowest BCUT2D eigenvalue weighted by Crippen LogP contribution is -2.38. The SMILES string of the molecule is O=C1C[C@@H]([C@H]2O[C@@H](n3ccc(=O)[nH]c3=O)[C@H](O)[C@@H]2O)SS1. The molecular formula is C11H12N2O6S2. The maximum absolute atomic E-state index is 11.7. The highest BCUT2D eigenvalue weighted by Crippen LogP contribution is 2.45. The summed E-state index contributed by atoms with van der Waals surface area (Å²) in [5, 5.41) is 19.9. The predicted octanol–water partition coefficient (Wildman–Crippen LogP) is -1.16. The van der Waals surface area contributed by atoms with Gasteiger partial charge in [-0.25, -0.2) is 4.79 Å². The van der Waals surface area contributed by atoms with Gasteiger partial charge in [-0.1, -0.05) is 10.8 Å². The number of aliphatic hydroxyl groups is 2. The molecule has 5 atom stereocenters. The highest BCUT2D eigenvalue weighted by atomic mass is 33.1. The van der Waals surface area contributed by atoms with Crippen LogP contribution in [0.25, 0.3) is 0 Å². The van der Waals surface area contributed by atoms with Gasteiger partial charge < -0.3 is 14.9 Å². The number of hydrogen-bond acceptors (Lipinski definition) is 8. The normalized spacial score (nSPS) is 36.3. The number of nitrogens with zero attached hydrogens (tertiary/aromatic N) is 1. The smallest absolute Gasteiger partial charge is 0.330 e. The molecule has 0 aromatic carbocycles. The number of ether oxygens (including phenoxy) is 1. The summed E-state index contributed by atoms with van der Waals surface area (Å²) in [5.41, 5.74) is -1.29. The van der Waals surface area contributed by atoms with Crippen molar-refractivity contribution >= 4 is 26.7 Å². The fourth-order valence-corrected chi connectivity index (χ4v) is 4.94. The molecule has 0 aliphatic carbocycles. The zero-order valence-corrected chi connectivity index (χ0v) is 12.2. The first-order valence-electron chi connectivity index (χ1n) is 6.16. The van der Waals surface area contributed by atoms with Crippen LogP contribution in [0.5, 0.6) is 0 Å². The fraction of sp³-hybridized carbons (Fsp3) is 0.545. The second-order valence-corrected chi connectivity index (χ2v) is 7.28. The fourth-order valence-electron chi connectivity index (χ4n) is 2.37. The van der Waals surface area contributed by atoms with E-state index in [1.54, 1.807) is 0 Å². The molecule has 0 saturated carbocycles. The quantitative estimate of drug-likeness (QED) is 0.580. The summed E-state index contributed by atoms with van der Waals surface area (Å²) in [6.45, 7) is 0. The van der Waals surface area contributed by atoms with Gasteiger partial charge in [0, 0.05) is 18.7 Å². The van der Waals surface area contributed by atoms with Crippen molar-refractivity contribution in [1.29, 1.82) is 0 Å². The van der Waals surface area contributed by atoms with Crippen LogP contribution >= 0.6 is 21.6 Å². The summed E-state index contributed by atoms with van der Waals surface area (Å²) < 4.78 is 6.60. The maximum atomic E-state index is 11.7. The Morgan fingerprint density at radius 1 is 1.29 bits per heavy atom. The van der Waals surface area contributed by atoms with Crippen molar-refractivity contribution < 1.29 is 19.7 Å². The number of carbonyl (C=O) groups excluding carboxylic acids is 1. The van der Waals surface area contributed by atoms with E-state index in [1.807, 2.05) is 0 Å². The number of rotatable bonds is 2. The Labute approximate surface area is 125 Å². The number of hydrogen-bond donors (Lipinski definition) is 3. The molecule has 0 unspecified atom stereocenters. The first-order valence-corrected chi connectivity index (χ1v) is 8.38. The van der Waals surface area contributed by atoms with Crippen molar-refractivity contribution in [2.75, 3.05) is 0 Å². The number of aromatic amines is 1. The average Bonchev–Trinajstić information content (AvgIpc) is 2.97. The van der Waals surface area contributed by atoms with Gasteiger partial charge in [-0.3, -0.25) is 19.1 Å². The van der Waals surface area contributed by atoms with E-state index in [9.17, 15) is 24.6 Å². The molecule has 8 nitrogen and oxygen atoms in total. The highest BCUT2D eigenvalue weighted by molar-refractivity contribution is 8.83. The summed E-state index contributed by atoms with van der Waals surface area (Å²) >= 11 is 0. The number of aromatic nitrogens is 2. The molecule has 10 heteroatoms. The summed E-state index contributed by atoms with van der Waals surface area (Å²) in [4.78, 5) is 36.1. The van der Waals surface area contributed by atoms with Crippen molar-refractivity contribution in [2.45, 2.75) is 36.2 Å². The molecule has 3 N–H and O–H groups in total. The Hall–Kier alpha value is -1.07. The third-order valence-electron chi connectivity index (χ3n) is 3.40. The lowest BCUT2D eigenvalue weighted by atomic mass is 10.1. The standard InChI is InChI=1S/C11H12N2O6S2/c14-5-1-2-13(11(18)12-5)10-8(17)7(16)9(19-10)4-3-6(15)21-20-4/h1-2,4,7-10,16-17H,3H2,(H,12,14,18)/t4-,7-,8+,9+,10+/m0/s1. The molecule has 0 amide bonds. The Kier molecular flexibility index (Phi) is 3.97. The lowest BCUT2D eigenvalue weighted by Gasteiger charge is -2.19. The Morgan fingerprint density at radius 2 is 2.05 bits per heavy atom. The van der Waals surface area contributed by atoms with Crippen LogP contribution in [0.4, 0.5) is 0 Å². The molecule has 21 heavy (non-hydrogen) atoms. The zero-order chi connectivity index (χ0) is 15.1. The average molecular weight is 332 g/mol. The molecule has 0 spiro atoms. The molecule has 2 aliphatic rings. The van der Waals surface area contributed by atoms with E-state index in [4.69, 9.17) is 4.74 Å². The molecule has 2 fully saturated rings. The molecule has 2 saturated heterocycles. The van der Waals surface area contributed by atoms with E-state index in [1.165, 1.54) is 17.0 Å². The Bertz CT molecular complexity index is 673. The molecule has 3 rings (SSSR count). The molecule has 0 radical (unpaired) electrons. The van der Waals surface area contributed by atoms with E-state index in [2.05, 4.69) is 4.98 Å². The van der Waals surface area contributed by atoms with Gasteiger partial charge in [-0.05, 0) is 10.8 Å². The van der Waals surface area contributed by atoms with Gasteiger partial charge in [-0.2, -0.15) is 0 Å². The third kappa shape index (κ3) is 2.69. The number of carbonyl (C=O) groups is 1. The van der Waals surface area contributed by atoms with Gasteiger partial charge in [0.25, 0.3) is 5.56 Å². The van der Waals surface area contributed by atoms with E-state index in [0.717, 1.165) is 21.4 Å². The number of nitrogens with one attached hydrogen (secondary N) is 1. The van der Waals surface area contributed by atoms with E-state index in [0.29, 0.717) is 0 Å². The van der Waals surface area contributed by atoms with Gasteiger partial charge in [-0.15, -0.1) is 0 Å². The highest BCUT2D eigenvalue weighted by Gasteiger charge is 2.49. The van der Waals surface area contributed by atoms with Crippen LogP contribution in [0.1, 0.15) is 12.6 Å². The van der Waals surface area contributed by atoms with Crippen LogP contribution < -0.4 is 11.2 Å². The molecule has 1 aromatic heterocycles. The van der Waals surface area contributed by atoms with Crippen molar-refractivity contribution in [1.82, 2.24) is 9.55 Å². The van der Waals surface area contributed by atoms with Crippen molar-refractivity contribution in [3.05, 3.63) is 33.1 Å². The topological polar surface area (TPSA) is 122 Å². The van der Waals surface area contributed by atoms with Crippen LogP contribution in [-0.2, 0) is 9.53 Å². The molecule has 2 aliphatic heterocycles. The monoisotopic (exact) mass is 332 g/mol. The van der Waals surface area contributed by atoms with Gasteiger partial charge in [0.2, 0.25) is 5.12 Å². The van der Waals surface area contributed by atoms with Gasteiger partial charge >= 0.3 is 5.69 Å². The first-order chi connectivity index (χ1) is 9.97. The van der Waals surface area contributed by atoms with Crippen LogP contribution in [0, 0.1) is 0 Å². The van der Waals surface area contributed by atoms with E-state index < -0.39 is 35.8 Å². The van der Waals surface area contributed by atoms with Gasteiger partial charge in [0.15, 0.2) is 6.23 Å². The van der Waals surface area contributed by atoms with Crippen LogP contribution in [0.3, 0.4) is 0 Å². The second kappa shape index (κ2) is 5.61. The number of aliphatic hydroxyl groups excluding tert-OH is 2. The minimum absolute atomic E-state index is 0.0139. The zero-order valence-electron chi connectivity index (χ0n) is 10.5. The Morgan fingerprint density at radius 3 is 2.67 bits per heavy atom. The summed E-state index contributed by atoms with van der Waals surface area (Å²) in [5.74, 6) is 0. The number of H-pyrrole nitrogens is 1. The Balaban J connectivity index is 1.86. The van der Waals surface area contributed by atoms with Crippen LogP contribution in [0.15, 0.2) is 21.9 Å². The van der Waals surface area contributed by atoms with Crippen molar-refractivity contribution in [3.63, 3.8) is 0 Å². The van der Waals surface area contributed by atoms with E-state index in [-0.39, 0.29) is 16.8 Å². The minimum atomic E-state index is -1.32. The summed E-state index contributed by atoms with van der Waals surface area (Å²) in [6, 6.07) is 1.13. The molecule has 0 bridgehead atoms. The van der Waals surface area contributed by atoms with Gasteiger partial charge in [0.1, 0.15) is 18.3 Å². The van der Waals surface area contributed by atoms with E-state index >= 15 is 0 Å². The second-order valence-electron chi connectivity index (χ2n) is 4.78. The largest absolute Gasteiger partial charge is 0.387 e.